The first-order valence-corrected chi connectivity index (χ1v) is 7.34. The van der Waals surface area contributed by atoms with Crippen LogP contribution in [0, 0.1) is 5.82 Å². The molecule has 0 aliphatic carbocycles. The van der Waals surface area contributed by atoms with Gasteiger partial charge >= 0.3 is 0 Å². The van der Waals surface area contributed by atoms with Crippen molar-refractivity contribution in [3.63, 3.8) is 0 Å². The van der Waals surface area contributed by atoms with Gasteiger partial charge in [0.1, 0.15) is 12.1 Å². The molecule has 0 bridgehead atoms. The van der Waals surface area contributed by atoms with Gasteiger partial charge in [-0.05, 0) is 28.5 Å². The van der Waals surface area contributed by atoms with Crippen LogP contribution in [0.15, 0.2) is 35.3 Å². The fraction of sp³-hybridized carbons (Fsp3) is 0.200. The van der Waals surface area contributed by atoms with E-state index in [-0.39, 0.29) is 5.75 Å². The van der Waals surface area contributed by atoms with Crippen LogP contribution >= 0.6 is 11.3 Å². The zero-order valence-corrected chi connectivity index (χ0v) is 12.5. The number of halogens is 1. The van der Waals surface area contributed by atoms with Crippen LogP contribution in [0.5, 0.6) is 5.75 Å². The Bertz CT molecular complexity index is 761. The average Bonchev–Trinajstić information content (AvgIpc) is 2.98. The second-order valence-electron chi connectivity index (χ2n) is 4.69. The van der Waals surface area contributed by atoms with Crippen molar-refractivity contribution in [3.8, 4) is 5.75 Å². The topological polar surface area (TPSA) is 38.2 Å². The largest absolute Gasteiger partial charge is 0.494 e. The molecule has 108 valence electrons. The Hall–Kier alpha value is -2.21. The Morgan fingerprint density at radius 3 is 2.90 bits per heavy atom. The van der Waals surface area contributed by atoms with E-state index in [0.717, 1.165) is 17.7 Å². The molecule has 2 aromatic heterocycles. The molecule has 1 aromatic carbocycles. The summed E-state index contributed by atoms with van der Waals surface area (Å²) in [6.45, 7) is 0.731. The summed E-state index contributed by atoms with van der Waals surface area (Å²) in [7, 11) is 3.40. The predicted octanol–water partition coefficient (Wildman–Crippen LogP) is 3.48. The molecule has 0 amide bonds. The summed E-state index contributed by atoms with van der Waals surface area (Å²) < 4.78 is 18.8. The lowest BCUT2D eigenvalue weighted by atomic mass is 10.2. The monoisotopic (exact) mass is 303 g/mol. The normalized spacial score (nSPS) is 10.8. The van der Waals surface area contributed by atoms with Crippen LogP contribution in [0.25, 0.3) is 10.9 Å². The van der Waals surface area contributed by atoms with Gasteiger partial charge in [0.25, 0.3) is 0 Å². The van der Waals surface area contributed by atoms with Crippen LogP contribution in [0.4, 0.5) is 10.2 Å². The first-order chi connectivity index (χ1) is 10.2. The first-order valence-electron chi connectivity index (χ1n) is 6.39. The molecule has 3 aromatic rings. The van der Waals surface area contributed by atoms with E-state index in [0.29, 0.717) is 5.52 Å². The lowest BCUT2D eigenvalue weighted by Crippen LogP contribution is -2.17. The van der Waals surface area contributed by atoms with Gasteiger partial charge in [-0.15, -0.1) is 0 Å². The number of thiophene rings is 1. The van der Waals surface area contributed by atoms with Crippen molar-refractivity contribution in [1.82, 2.24) is 9.97 Å². The van der Waals surface area contributed by atoms with E-state index in [1.54, 1.807) is 17.4 Å². The SMILES string of the molecule is COc1cc2c(N(C)Cc3ccsc3)ncnc2cc1F. The molecule has 3 rings (SSSR count). The van der Waals surface area contributed by atoms with Crippen LogP contribution in [-0.2, 0) is 6.54 Å². The smallest absolute Gasteiger partial charge is 0.167 e. The molecular weight excluding hydrogens is 289 g/mol. The molecule has 0 N–H and O–H groups in total. The standard InChI is InChI=1S/C15H14FN3OS/c1-19(7-10-3-4-21-8-10)15-11-5-14(20-2)12(16)6-13(11)17-9-18-15/h3-6,8-9H,7H2,1-2H3. The van der Waals surface area contributed by atoms with Crippen LogP contribution in [0.2, 0.25) is 0 Å². The van der Waals surface area contributed by atoms with Crippen molar-refractivity contribution in [1.29, 1.82) is 0 Å². The molecule has 0 unspecified atom stereocenters. The summed E-state index contributed by atoms with van der Waals surface area (Å²) in [5.74, 6) is 0.530. The number of anilines is 1. The number of aromatic nitrogens is 2. The molecule has 4 nitrogen and oxygen atoms in total. The molecule has 0 saturated heterocycles. The van der Waals surface area contributed by atoms with Gasteiger partial charge in [0.15, 0.2) is 11.6 Å². The van der Waals surface area contributed by atoms with Gasteiger partial charge < -0.3 is 9.64 Å². The Labute approximate surface area is 125 Å². The third-order valence-electron chi connectivity index (χ3n) is 3.25. The van der Waals surface area contributed by atoms with E-state index in [1.165, 1.54) is 25.1 Å². The highest BCUT2D eigenvalue weighted by molar-refractivity contribution is 7.07. The molecule has 2 heterocycles. The molecule has 0 aliphatic rings. The minimum Gasteiger partial charge on any atom is -0.494 e. The summed E-state index contributed by atoms with van der Waals surface area (Å²) in [6, 6.07) is 5.09. The maximum absolute atomic E-state index is 13.8. The van der Waals surface area contributed by atoms with E-state index in [1.807, 2.05) is 17.3 Å². The number of rotatable bonds is 4. The minimum atomic E-state index is -0.421. The van der Waals surface area contributed by atoms with Gasteiger partial charge in [-0.3, -0.25) is 0 Å². The average molecular weight is 303 g/mol. The molecular formula is C15H14FN3OS. The fourth-order valence-corrected chi connectivity index (χ4v) is 2.90. The molecule has 0 aliphatic heterocycles. The fourth-order valence-electron chi connectivity index (χ4n) is 2.24. The number of nitrogens with zero attached hydrogens (tertiary/aromatic N) is 3. The van der Waals surface area contributed by atoms with Crippen molar-refractivity contribution in [2.24, 2.45) is 0 Å². The molecule has 0 atom stereocenters. The van der Waals surface area contributed by atoms with Gasteiger partial charge in [-0.1, -0.05) is 0 Å². The summed E-state index contributed by atoms with van der Waals surface area (Å²) in [5, 5.41) is 4.91. The summed E-state index contributed by atoms with van der Waals surface area (Å²) >= 11 is 1.66. The van der Waals surface area contributed by atoms with Crippen LogP contribution in [-0.4, -0.2) is 24.1 Å². The second-order valence-corrected chi connectivity index (χ2v) is 5.47. The van der Waals surface area contributed by atoms with E-state index in [2.05, 4.69) is 21.4 Å². The Balaban J connectivity index is 2.05. The quantitative estimate of drug-likeness (QED) is 0.739. The van der Waals surface area contributed by atoms with E-state index in [9.17, 15) is 4.39 Å². The van der Waals surface area contributed by atoms with Gasteiger partial charge in [0, 0.05) is 25.0 Å². The number of methoxy groups -OCH3 is 1. The number of fused-ring (bicyclic) bond motifs is 1. The first kappa shape index (κ1) is 13.8. The highest BCUT2D eigenvalue weighted by atomic mass is 32.1. The Morgan fingerprint density at radius 1 is 1.33 bits per heavy atom. The maximum Gasteiger partial charge on any atom is 0.167 e. The van der Waals surface area contributed by atoms with Crippen molar-refractivity contribution in [2.45, 2.75) is 6.54 Å². The summed E-state index contributed by atoms with van der Waals surface area (Å²) in [4.78, 5) is 10.5. The van der Waals surface area contributed by atoms with E-state index in [4.69, 9.17) is 4.74 Å². The molecule has 21 heavy (non-hydrogen) atoms. The van der Waals surface area contributed by atoms with Crippen molar-refractivity contribution >= 4 is 28.1 Å². The van der Waals surface area contributed by atoms with Crippen LogP contribution < -0.4 is 9.64 Å². The maximum atomic E-state index is 13.8. The van der Waals surface area contributed by atoms with Gasteiger partial charge in [0.05, 0.1) is 12.6 Å². The van der Waals surface area contributed by atoms with Crippen molar-refractivity contribution in [3.05, 3.63) is 46.7 Å². The summed E-state index contributed by atoms with van der Waals surface area (Å²) in [5.41, 5.74) is 1.78. The van der Waals surface area contributed by atoms with Gasteiger partial charge in [0.2, 0.25) is 0 Å². The Morgan fingerprint density at radius 2 is 2.19 bits per heavy atom. The zero-order valence-electron chi connectivity index (χ0n) is 11.7. The van der Waals surface area contributed by atoms with Crippen LogP contribution in [0.3, 0.4) is 0 Å². The zero-order chi connectivity index (χ0) is 14.8. The Kier molecular flexibility index (Phi) is 3.70. The molecule has 0 fully saturated rings. The molecule has 6 heteroatoms. The molecule has 0 radical (unpaired) electrons. The second kappa shape index (κ2) is 5.65. The lowest BCUT2D eigenvalue weighted by Gasteiger charge is -2.19. The highest BCUT2D eigenvalue weighted by Gasteiger charge is 2.13. The third kappa shape index (κ3) is 2.67. The van der Waals surface area contributed by atoms with Crippen LogP contribution in [0.1, 0.15) is 5.56 Å². The van der Waals surface area contributed by atoms with E-state index >= 15 is 0 Å². The summed E-state index contributed by atoms with van der Waals surface area (Å²) in [6.07, 6.45) is 1.45. The molecule has 0 saturated carbocycles. The van der Waals surface area contributed by atoms with Gasteiger partial charge in [-0.2, -0.15) is 11.3 Å². The number of hydrogen-bond acceptors (Lipinski definition) is 5. The minimum absolute atomic E-state index is 0.197. The lowest BCUT2D eigenvalue weighted by molar-refractivity contribution is 0.387. The predicted molar refractivity (Wildman–Crippen MR) is 82.5 cm³/mol. The van der Waals surface area contributed by atoms with Crippen molar-refractivity contribution in [2.75, 3.05) is 19.1 Å². The highest BCUT2D eigenvalue weighted by Crippen LogP contribution is 2.29. The number of benzene rings is 1. The molecule has 0 spiro atoms. The van der Waals surface area contributed by atoms with Crippen molar-refractivity contribution < 1.29 is 9.13 Å². The van der Waals surface area contributed by atoms with Gasteiger partial charge in [-0.25, -0.2) is 14.4 Å². The number of ether oxygens (including phenoxy) is 1. The number of hydrogen-bond donors (Lipinski definition) is 0. The third-order valence-corrected chi connectivity index (χ3v) is 3.98. The van der Waals surface area contributed by atoms with E-state index < -0.39 is 5.82 Å².